The largest absolute Gasteiger partial charge is 0.480 e. The number of nitrogens with one attached hydrogen (secondary N) is 1. The van der Waals surface area contributed by atoms with Gasteiger partial charge in [0, 0.05) is 13.1 Å². The van der Waals surface area contributed by atoms with Crippen LogP contribution in [0.2, 0.25) is 0 Å². The number of alkyl halides is 3. The summed E-state index contributed by atoms with van der Waals surface area (Å²) in [7, 11) is 0. The minimum absolute atomic E-state index is 0.00548. The first-order valence-electron chi connectivity index (χ1n) is 6.60. The minimum atomic E-state index is -4.23. The molecule has 8 heteroatoms. The Bertz CT molecular complexity index is 352. The van der Waals surface area contributed by atoms with Gasteiger partial charge in [0.05, 0.1) is 5.92 Å². The summed E-state index contributed by atoms with van der Waals surface area (Å²) in [6.45, 7) is 1.78. The molecule has 0 aromatic carbocycles. The van der Waals surface area contributed by atoms with Gasteiger partial charge in [0.15, 0.2) is 0 Å². The number of nitrogens with zero attached hydrogens (tertiary/aromatic N) is 1. The van der Waals surface area contributed by atoms with Crippen LogP contribution in [0.1, 0.15) is 32.6 Å². The van der Waals surface area contributed by atoms with Crippen molar-refractivity contribution in [3.8, 4) is 0 Å². The molecule has 0 aliphatic carbocycles. The van der Waals surface area contributed by atoms with Crippen molar-refractivity contribution in [2.24, 2.45) is 5.92 Å². The van der Waals surface area contributed by atoms with Crippen LogP contribution in [0, 0.1) is 5.92 Å². The molecule has 1 aliphatic rings. The Kier molecular flexibility index (Phi) is 5.64. The van der Waals surface area contributed by atoms with Crippen molar-refractivity contribution >= 4 is 12.0 Å². The molecule has 0 aromatic heterocycles. The van der Waals surface area contributed by atoms with E-state index in [2.05, 4.69) is 5.32 Å². The number of carbonyl (C=O) groups is 2. The van der Waals surface area contributed by atoms with Gasteiger partial charge in [-0.1, -0.05) is 13.3 Å². The van der Waals surface area contributed by atoms with Crippen molar-refractivity contribution in [2.45, 2.75) is 44.8 Å². The smallest absolute Gasteiger partial charge is 0.391 e. The number of amides is 2. The van der Waals surface area contributed by atoms with Crippen molar-refractivity contribution in [2.75, 3.05) is 13.1 Å². The molecule has 0 saturated carbocycles. The topological polar surface area (TPSA) is 69.6 Å². The zero-order valence-electron chi connectivity index (χ0n) is 11.2. The Balaban J connectivity index is 2.48. The van der Waals surface area contributed by atoms with Gasteiger partial charge in [0.2, 0.25) is 0 Å². The number of rotatable bonds is 4. The van der Waals surface area contributed by atoms with Crippen molar-refractivity contribution in [1.82, 2.24) is 10.2 Å². The molecule has 116 valence electrons. The lowest BCUT2D eigenvalue weighted by molar-refractivity contribution is -0.183. The number of urea groups is 1. The van der Waals surface area contributed by atoms with E-state index in [1.807, 2.05) is 0 Å². The maximum atomic E-state index is 12.5. The van der Waals surface area contributed by atoms with Crippen LogP contribution in [0.3, 0.4) is 0 Å². The zero-order chi connectivity index (χ0) is 15.3. The molecular weight excluding hydrogens is 277 g/mol. The third-order valence-electron chi connectivity index (χ3n) is 3.42. The summed E-state index contributed by atoms with van der Waals surface area (Å²) in [5, 5.41) is 11.3. The van der Waals surface area contributed by atoms with E-state index in [9.17, 15) is 22.8 Å². The number of piperidine rings is 1. The number of halogens is 3. The normalized spacial score (nSPS) is 18.7. The minimum Gasteiger partial charge on any atom is -0.480 e. The summed E-state index contributed by atoms with van der Waals surface area (Å²) in [4.78, 5) is 24.0. The van der Waals surface area contributed by atoms with Crippen LogP contribution >= 0.6 is 0 Å². The summed E-state index contributed by atoms with van der Waals surface area (Å²) in [6, 6.07) is -1.60. The van der Waals surface area contributed by atoms with Gasteiger partial charge in [-0.05, 0) is 19.3 Å². The number of aliphatic carboxylic acids is 1. The SMILES string of the molecule is CCC[C@H](NC(=O)N1CCC(C(F)(F)F)CC1)C(=O)O. The summed E-state index contributed by atoms with van der Waals surface area (Å²) in [6.07, 6.45) is -3.62. The zero-order valence-corrected chi connectivity index (χ0v) is 11.2. The lowest BCUT2D eigenvalue weighted by Gasteiger charge is -2.33. The van der Waals surface area contributed by atoms with Gasteiger partial charge >= 0.3 is 18.2 Å². The highest BCUT2D eigenvalue weighted by Crippen LogP contribution is 2.34. The first kappa shape index (κ1) is 16.6. The van der Waals surface area contributed by atoms with Crippen molar-refractivity contribution in [3.05, 3.63) is 0 Å². The van der Waals surface area contributed by atoms with Crippen molar-refractivity contribution < 1.29 is 27.9 Å². The summed E-state index contributed by atoms with van der Waals surface area (Å²) in [5.74, 6) is -2.51. The molecule has 5 nitrogen and oxygen atoms in total. The van der Waals surface area contributed by atoms with Gasteiger partial charge in [0.25, 0.3) is 0 Å². The maximum Gasteiger partial charge on any atom is 0.391 e. The lowest BCUT2D eigenvalue weighted by atomic mass is 9.96. The molecule has 0 aromatic rings. The molecule has 1 heterocycles. The van der Waals surface area contributed by atoms with E-state index in [4.69, 9.17) is 5.11 Å². The molecule has 1 aliphatic heterocycles. The fourth-order valence-corrected chi connectivity index (χ4v) is 2.20. The van der Waals surface area contributed by atoms with E-state index in [-0.39, 0.29) is 25.9 Å². The molecule has 0 bridgehead atoms. The first-order valence-corrected chi connectivity index (χ1v) is 6.60. The second-order valence-electron chi connectivity index (χ2n) is 4.93. The van der Waals surface area contributed by atoms with Crippen molar-refractivity contribution in [3.63, 3.8) is 0 Å². The number of likely N-dealkylation sites (tertiary alicyclic amines) is 1. The van der Waals surface area contributed by atoms with Gasteiger partial charge in [-0.3, -0.25) is 0 Å². The fourth-order valence-electron chi connectivity index (χ4n) is 2.20. The quantitative estimate of drug-likeness (QED) is 0.835. The van der Waals surface area contributed by atoms with E-state index in [0.29, 0.717) is 12.8 Å². The average Bonchev–Trinajstić information content (AvgIpc) is 2.37. The van der Waals surface area contributed by atoms with Crippen LogP contribution in [0.25, 0.3) is 0 Å². The molecule has 0 spiro atoms. The Hall–Kier alpha value is -1.47. The molecule has 0 radical (unpaired) electrons. The van der Waals surface area contributed by atoms with Gasteiger partial charge < -0.3 is 15.3 Å². The lowest BCUT2D eigenvalue weighted by Crippen LogP contribution is -2.51. The monoisotopic (exact) mass is 296 g/mol. The van der Waals surface area contributed by atoms with E-state index in [1.165, 1.54) is 4.90 Å². The second-order valence-corrected chi connectivity index (χ2v) is 4.93. The van der Waals surface area contributed by atoms with E-state index >= 15 is 0 Å². The highest BCUT2D eigenvalue weighted by molar-refractivity contribution is 5.82. The summed E-state index contributed by atoms with van der Waals surface area (Å²) >= 11 is 0. The van der Waals surface area contributed by atoms with Crippen molar-refractivity contribution in [1.29, 1.82) is 0 Å². The summed E-state index contributed by atoms with van der Waals surface area (Å²) in [5.41, 5.74) is 0. The van der Waals surface area contributed by atoms with Gasteiger partial charge in [0.1, 0.15) is 6.04 Å². The predicted octanol–water partition coefficient (Wildman–Crippen LogP) is 2.22. The predicted molar refractivity (Wildman–Crippen MR) is 65.2 cm³/mol. The Labute approximate surface area is 115 Å². The molecule has 2 amide bonds. The number of carboxylic acids is 1. The van der Waals surface area contributed by atoms with Crippen LogP contribution in [-0.2, 0) is 4.79 Å². The van der Waals surface area contributed by atoms with Crippen LogP contribution in [0.15, 0.2) is 0 Å². The first-order chi connectivity index (χ1) is 9.25. The molecule has 1 atom stereocenters. The standard InChI is InChI=1S/C12H19F3N2O3/c1-2-3-9(10(18)19)16-11(20)17-6-4-8(5-7-17)12(13,14)15/h8-9H,2-7H2,1H3,(H,16,20)(H,18,19)/t9-/m0/s1. The van der Waals surface area contributed by atoms with E-state index < -0.39 is 30.1 Å². The Morgan fingerprint density at radius 2 is 1.90 bits per heavy atom. The highest BCUT2D eigenvalue weighted by Gasteiger charge is 2.41. The van der Waals surface area contributed by atoms with Gasteiger partial charge in [-0.25, -0.2) is 9.59 Å². The number of hydrogen-bond acceptors (Lipinski definition) is 2. The molecule has 1 rings (SSSR count). The van der Waals surface area contributed by atoms with Gasteiger partial charge in [-0.2, -0.15) is 13.2 Å². The Morgan fingerprint density at radius 3 is 2.30 bits per heavy atom. The maximum absolute atomic E-state index is 12.5. The third kappa shape index (κ3) is 4.57. The molecule has 1 saturated heterocycles. The van der Waals surface area contributed by atoms with Crippen LogP contribution in [0.5, 0.6) is 0 Å². The van der Waals surface area contributed by atoms with Crippen LogP contribution < -0.4 is 5.32 Å². The van der Waals surface area contributed by atoms with Crippen LogP contribution in [0.4, 0.5) is 18.0 Å². The fraction of sp³-hybridized carbons (Fsp3) is 0.833. The molecule has 1 fully saturated rings. The molecule has 2 N–H and O–H groups in total. The molecule has 20 heavy (non-hydrogen) atoms. The van der Waals surface area contributed by atoms with Gasteiger partial charge in [-0.15, -0.1) is 0 Å². The average molecular weight is 296 g/mol. The number of carboxylic acid groups (broad SMARTS) is 1. The van der Waals surface area contributed by atoms with Crippen LogP contribution in [-0.4, -0.2) is 47.3 Å². The number of hydrogen-bond donors (Lipinski definition) is 2. The molecule has 0 unspecified atom stereocenters. The Morgan fingerprint density at radius 1 is 1.35 bits per heavy atom. The molecular formula is C12H19F3N2O3. The highest BCUT2D eigenvalue weighted by atomic mass is 19.4. The summed E-state index contributed by atoms with van der Waals surface area (Å²) < 4.78 is 37.5. The van der Waals surface area contributed by atoms with E-state index in [0.717, 1.165) is 0 Å². The second kappa shape index (κ2) is 6.81. The van der Waals surface area contributed by atoms with E-state index in [1.54, 1.807) is 6.92 Å². The third-order valence-corrected chi connectivity index (χ3v) is 3.42. The number of carbonyl (C=O) groups excluding carboxylic acids is 1.